The molecule has 0 saturated carbocycles. The molecule has 0 radical (unpaired) electrons. The van der Waals surface area contributed by atoms with Crippen molar-refractivity contribution < 1.29 is 9.53 Å². The van der Waals surface area contributed by atoms with Crippen LogP contribution in [0.3, 0.4) is 0 Å². The van der Waals surface area contributed by atoms with Crippen LogP contribution in [0.25, 0.3) is 0 Å². The summed E-state index contributed by atoms with van der Waals surface area (Å²) in [6.45, 7) is 10.7. The third-order valence-corrected chi connectivity index (χ3v) is 5.61. The number of hydrazine groups is 1. The number of nitrogens with one attached hydrogen (secondary N) is 2. The lowest BCUT2D eigenvalue weighted by molar-refractivity contribution is -0.132. The average Bonchev–Trinajstić information content (AvgIpc) is 3.25. The van der Waals surface area contributed by atoms with Gasteiger partial charge in [-0.2, -0.15) is 0 Å². The van der Waals surface area contributed by atoms with Crippen molar-refractivity contribution in [2.75, 3.05) is 19.7 Å². The maximum absolute atomic E-state index is 12.5. The third kappa shape index (κ3) is 4.33. The molecular weight excluding hydrogens is 350 g/mol. The van der Waals surface area contributed by atoms with Crippen molar-refractivity contribution in [3.8, 4) is 5.75 Å². The molecule has 2 aliphatic heterocycles. The molecule has 0 spiro atoms. The molecule has 26 heavy (non-hydrogen) atoms. The lowest BCUT2D eigenvalue weighted by atomic mass is 9.86. The number of nitrogens with zero attached hydrogens (tertiary/aromatic N) is 1. The van der Waals surface area contributed by atoms with Gasteiger partial charge >= 0.3 is 0 Å². The molecule has 2 fully saturated rings. The van der Waals surface area contributed by atoms with Crippen LogP contribution in [0.5, 0.6) is 5.75 Å². The SMILES string of the molecule is Cc1cc(OCC2CC(C(=O)N3CCCC3)NN2)c(C(C)(C)C)cc1Cl. The second-order valence-electron chi connectivity index (χ2n) is 8.46. The van der Waals surface area contributed by atoms with Gasteiger partial charge in [-0.15, -0.1) is 0 Å². The quantitative estimate of drug-likeness (QED) is 0.843. The molecule has 2 atom stereocenters. The average molecular weight is 380 g/mol. The summed E-state index contributed by atoms with van der Waals surface area (Å²) >= 11 is 6.32. The summed E-state index contributed by atoms with van der Waals surface area (Å²) in [5, 5.41) is 0.763. The van der Waals surface area contributed by atoms with Gasteiger partial charge in [-0.1, -0.05) is 32.4 Å². The predicted octanol–water partition coefficient (Wildman–Crippen LogP) is 3.18. The van der Waals surface area contributed by atoms with Crippen LogP contribution in [0.1, 0.15) is 51.2 Å². The molecular formula is C20H30ClN3O2. The van der Waals surface area contributed by atoms with Crippen molar-refractivity contribution in [2.45, 2.75) is 64.5 Å². The van der Waals surface area contributed by atoms with E-state index in [2.05, 4.69) is 31.6 Å². The van der Waals surface area contributed by atoms with Crippen LogP contribution >= 0.6 is 11.6 Å². The Kier molecular flexibility index (Phi) is 5.80. The zero-order valence-electron chi connectivity index (χ0n) is 16.2. The van der Waals surface area contributed by atoms with E-state index in [1.54, 1.807) is 0 Å². The minimum atomic E-state index is -0.157. The van der Waals surface area contributed by atoms with Crippen molar-refractivity contribution in [3.05, 3.63) is 28.3 Å². The molecule has 0 aromatic heterocycles. The Labute approximate surface area is 161 Å². The summed E-state index contributed by atoms with van der Waals surface area (Å²) < 4.78 is 6.15. The number of rotatable bonds is 4. The number of amides is 1. The van der Waals surface area contributed by atoms with Crippen LogP contribution < -0.4 is 15.6 Å². The Bertz CT molecular complexity index is 666. The monoisotopic (exact) mass is 379 g/mol. The summed E-state index contributed by atoms with van der Waals surface area (Å²) in [5.74, 6) is 1.07. The second kappa shape index (κ2) is 7.75. The van der Waals surface area contributed by atoms with Crippen LogP contribution in [0, 0.1) is 6.92 Å². The first-order valence-electron chi connectivity index (χ1n) is 9.49. The summed E-state index contributed by atoms with van der Waals surface area (Å²) in [4.78, 5) is 14.5. The van der Waals surface area contributed by atoms with Gasteiger partial charge in [0.1, 0.15) is 18.4 Å². The van der Waals surface area contributed by atoms with E-state index in [1.807, 2.05) is 24.0 Å². The van der Waals surface area contributed by atoms with Gasteiger partial charge in [0.05, 0.1) is 6.04 Å². The number of ether oxygens (including phenoxy) is 1. The number of hydrogen-bond acceptors (Lipinski definition) is 4. The van der Waals surface area contributed by atoms with Gasteiger partial charge in [0, 0.05) is 23.7 Å². The van der Waals surface area contributed by atoms with Gasteiger partial charge in [0.25, 0.3) is 0 Å². The molecule has 6 heteroatoms. The zero-order valence-corrected chi connectivity index (χ0v) is 16.9. The molecule has 2 aliphatic rings. The fraction of sp³-hybridized carbons (Fsp3) is 0.650. The largest absolute Gasteiger partial charge is 0.492 e. The van der Waals surface area contributed by atoms with E-state index < -0.39 is 0 Å². The Balaban J connectivity index is 1.61. The lowest BCUT2D eigenvalue weighted by Gasteiger charge is -2.24. The Hall–Kier alpha value is -1.30. The first-order valence-corrected chi connectivity index (χ1v) is 9.87. The van der Waals surface area contributed by atoms with Crippen molar-refractivity contribution in [2.24, 2.45) is 0 Å². The molecule has 0 bridgehead atoms. The number of hydrogen-bond donors (Lipinski definition) is 2. The molecule has 2 N–H and O–H groups in total. The number of aryl methyl sites for hydroxylation is 1. The van der Waals surface area contributed by atoms with E-state index in [0.717, 1.165) is 54.3 Å². The van der Waals surface area contributed by atoms with E-state index in [-0.39, 0.29) is 23.4 Å². The Morgan fingerprint density at radius 2 is 1.96 bits per heavy atom. The second-order valence-corrected chi connectivity index (χ2v) is 8.87. The predicted molar refractivity (Wildman–Crippen MR) is 105 cm³/mol. The fourth-order valence-electron chi connectivity index (χ4n) is 3.60. The minimum absolute atomic E-state index is 0.0533. The van der Waals surface area contributed by atoms with Crippen LogP contribution in [0.4, 0.5) is 0 Å². The van der Waals surface area contributed by atoms with Crippen molar-refractivity contribution in [1.82, 2.24) is 15.8 Å². The first kappa shape index (κ1) is 19.5. The molecule has 2 unspecified atom stereocenters. The topological polar surface area (TPSA) is 53.6 Å². The maximum atomic E-state index is 12.5. The minimum Gasteiger partial charge on any atom is -0.492 e. The molecule has 2 saturated heterocycles. The molecule has 144 valence electrons. The smallest absolute Gasteiger partial charge is 0.241 e. The van der Waals surface area contributed by atoms with Gasteiger partial charge in [-0.05, 0) is 49.3 Å². The van der Waals surface area contributed by atoms with E-state index in [4.69, 9.17) is 16.3 Å². The maximum Gasteiger partial charge on any atom is 0.241 e. The number of halogens is 1. The molecule has 1 aromatic rings. The highest BCUT2D eigenvalue weighted by Gasteiger charge is 2.33. The van der Waals surface area contributed by atoms with Gasteiger partial charge in [0.15, 0.2) is 0 Å². The van der Waals surface area contributed by atoms with Crippen molar-refractivity contribution in [1.29, 1.82) is 0 Å². The number of carbonyl (C=O) groups is 1. The molecule has 0 aliphatic carbocycles. The lowest BCUT2D eigenvalue weighted by Crippen LogP contribution is -2.44. The Morgan fingerprint density at radius 1 is 1.27 bits per heavy atom. The van der Waals surface area contributed by atoms with Crippen LogP contribution in [-0.2, 0) is 10.2 Å². The third-order valence-electron chi connectivity index (χ3n) is 5.21. The van der Waals surface area contributed by atoms with Crippen molar-refractivity contribution >= 4 is 17.5 Å². The van der Waals surface area contributed by atoms with Gasteiger partial charge < -0.3 is 9.64 Å². The summed E-state index contributed by atoms with van der Waals surface area (Å²) in [6.07, 6.45) is 2.97. The number of benzene rings is 1. The highest BCUT2D eigenvalue weighted by Crippen LogP contribution is 2.35. The molecule has 3 rings (SSSR count). The van der Waals surface area contributed by atoms with Crippen LogP contribution in [0.15, 0.2) is 12.1 Å². The molecule has 2 heterocycles. The van der Waals surface area contributed by atoms with E-state index in [1.165, 1.54) is 0 Å². The molecule has 1 aromatic carbocycles. The molecule has 5 nitrogen and oxygen atoms in total. The normalized spacial score (nSPS) is 23.5. The fourth-order valence-corrected chi connectivity index (χ4v) is 3.77. The molecule has 1 amide bonds. The van der Waals surface area contributed by atoms with Gasteiger partial charge in [-0.25, -0.2) is 5.43 Å². The summed E-state index contributed by atoms with van der Waals surface area (Å²) in [5.41, 5.74) is 8.42. The first-order chi connectivity index (χ1) is 12.3. The zero-order chi connectivity index (χ0) is 18.9. The van der Waals surface area contributed by atoms with Crippen LogP contribution in [-0.4, -0.2) is 42.6 Å². The van der Waals surface area contributed by atoms with E-state index >= 15 is 0 Å². The van der Waals surface area contributed by atoms with E-state index in [0.29, 0.717) is 6.61 Å². The summed E-state index contributed by atoms with van der Waals surface area (Å²) in [7, 11) is 0. The van der Waals surface area contributed by atoms with E-state index in [9.17, 15) is 4.79 Å². The highest BCUT2D eigenvalue weighted by molar-refractivity contribution is 6.31. The Morgan fingerprint density at radius 3 is 2.62 bits per heavy atom. The van der Waals surface area contributed by atoms with Crippen molar-refractivity contribution in [3.63, 3.8) is 0 Å². The van der Waals surface area contributed by atoms with Gasteiger partial charge in [0.2, 0.25) is 5.91 Å². The number of likely N-dealkylation sites (tertiary alicyclic amines) is 1. The highest BCUT2D eigenvalue weighted by atomic mass is 35.5. The summed E-state index contributed by atoms with van der Waals surface area (Å²) in [6, 6.07) is 3.97. The number of carbonyl (C=O) groups excluding carboxylic acids is 1. The van der Waals surface area contributed by atoms with Crippen LogP contribution in [0.2, 0.25) is 5.02 Å². The standard InChI is InChI=1S/C20H30ClN3O2/c1-13-9-18(15(11-16(13)21)20(2,3)4)26-12-14-10-17(23-22-14)19(25)24-7-5-6-8-24/h9,11,14,17,22-23H,5-8,10,12H2,1-4H3. The van der Waals surface area contributed by atoms with Gasteiger partial charge in [-0.3, -0.25) is 10.2 Å².